The van der Waals surface area contributed by atoms with Gasteiger partial charge in [-0.05, 0) is 45.8 Å². The lowest BCUT2D eigenvalue weighted by molar-refractivity contribution is 0.339. The lowest BCUT2D eigenvalue weighted by atomic mass is 10.2. The van der Waals surface area contributed by atoms with E-state index in [4.69, 9.17) is 4.43 Å². The predicted octanol–water partition coefficient (Wildman–Crippen LogP) is 3.93. The van der Waals surface area contributed by atoms with Crippen molar-refractivity contribution in [2.75, 3.05) is 6.61 Å². The maximum Gasteiger partial charge on any atom is 0.192 e. The first kappa shape index (κ1) is 18.2. The standard InChI is InChI=1S/C13H29NO2SSi/c1-11(14-17(15)12(2,3)4)10-16-18(8,9)13(5,6)7/h10H2,1-9H3/b14-11-/t17-/m0/s1. The molecule has 0 spiro atoms. The molecule has 3 nitrogen and oxygen atoms in total. The van der Waals surface area contributed by atoms with Gasteiger partial charge in [0.25, 0.3) is 0 Å². The van der Waals surface area contributed by atoms with E-state index in [1.807, 2.05) is 27.7 Å². The second kappa shape index (κ2) is 6.07. The second-order valence-electron chi connectivity index (χ2n) is 7.24. The topological polar surface area (TPSA) is 44.6 Å². The van der Waals surface area contributed by atoms with E-state index in [9.17, 15) is 4.55 Å². The van der Waals surface area contributed by atoms with Crippen LogP contribution >= 0.6 is 0 Å². The van der Waals surface area contributed by atoms with E-state index in [0.29, 0.717) is 6.61 Å². The SMILES string of the molecule is C/C(CO[Si](C)(C)C(C)(C)C)=N/[S@@+]([O-])C(C)(C)C. The fourth-order valence-electron chi connectivity index (χ4n) is 0.806. The summed E-state index contributed by atoms with van der Waals surface area (Å²) >= 11 is -1.19. The zero-order chi connectivity index (χ0) is 14.8. The van der Waals surface area contributed by atoms with Crippen molar-refractivity contribution in [1.29, 1.82) is 0 Å². The van der Waals surface area contributed by atoms with Crippen LogP contribution in [0, 0.1) is 0 Å². The normalized spacial score (nSPS) is 16.9. The lowest BCUT2D eigenvalue weighted by Crippen LogP contribution is -2.42. The smallest absolute Gasteiger partial charge is 0.192 e. The predicted molar refractivity (Wildman–Crippen MR) is 84.2 cm³/mol. The van der Waals surface area contributed by atoms with E-state index in [1.165, 1.54) is 0 Å². The molecule has 0 aliphatic carbocycles. The van der Waals surface area contributed by atoms with Gasteiger partial charge in [0.1, 0.15) is 16.1 Å². The summed E-state index contributed by atoms with van der Waals surface area (Å²) in [7, 11) is -1.74. The quantitative estimate of drug-likeness (QED) is 0.447. The van der Waals surface area contributed by atoms with Gasteiger partial charge in [-0.2, -0.15) is 0 Å². The van der Waals surface area contributed by atoms with Crippen molar-refractivity contribution in [3.63, 3.8) is 0 Å². The monoisotopic (exact) mass is 291 g/mol. The molecule has 5 heteroatoms. The Hall–Kier alpha value is 0.157. The Morgan fingerprint density at radius 3 is 1.94 bits per heavy atom. The van der Waals surface area contributed by atoms with Gasteiger partial charge in [0.15, 0.2) is 8.32 Å². The third-order valence-corrected chi connectivity index (χ3v) is 9.21. The summed E-state index contributed by atoms with van der Waals surface area (Å²) in [6.07, 6.45) is 0. The van der Waals surface area contributed by atoms with Gasteiger partial charge in [0, 0.05) is 0 Å². The van der Waals surface area contributed by atoms with Crippen LogP contribution in [-0.2, 0) is 15.8 Å². The van der Waals surface area contributed by atoms with Gasteiger partial charge in [-0.3, -0.25) is 0 Å². The minimum absolute atomic E-state index is 0.191. The Bertz CT molecular complexity index is 303. The molecule has 0 bridgehead atoms. The van der Waals surface area contributed by atoms with Crippen LogP contribution in [0.5, 0.6) is 0 Å². The van der Waals surface area contributed by atoms with E-state index in [0.717, 1.165) is 5.71 Å². The summed E-state index contributed by atoms with van der Waals surface area (Å²) in [5.74, 6) is 0. The Labute approximate surface area is 117 Å². The van der Waals surface area contributed by atoms with Crippen LogP contribution in [0.3, 0.4) is 0 Å². The van der Waals surface area contributed by atoms with Crippen molar-refractivity contribution < 1.29 is 8.98 Å². The van der Waals surface area contributed by atoms with Gasteiger partial charge in [0.05, 0.1) is 12.3 Å². The van der Waals surface area contributed by atoms with Gasteiger partial charge in [-0.1, -0.05) is 25.2 Å². The minimum Gasteiger partial charge on any atom is -0.591 e. The Morgan fingerprint density at radius 1 is 1.17 bits per heavy atom. The molecule has 0 aromatic carbocycles. The lowest BCUT2D eigenvalue weighted by Gasteiger charge is -2.36. The van der Waals surface area contributed by atoms with Crippen molar-refractivity contribution in [2.45, 2.75) is 71.3 Å². The van der Waals surface area contributed by atoms with Crippen LogP contribution in [0.2, 0.25) is 18.1 Å². The molecule has 18 heavy (non-hydrogen) atoms. The van der Waals surface area contributed by atoms with Crippen LogP contribution in [0.1, 0.15) is 48.5 Å². The summed E-state index contributed by atoms with van der Waals surface area (Å²) in [6.45, 7) is 19.2. The molecule has 1 atom stereocenters. The summed E-state index contributed by atoms with van der Waals surface area (Å²) in [5, 5.41) is 0.191. The number of hydrogen-bond donors (Lipinski definition) is 0. The summed E-state index contributed by atoms with van der Waals surface area (Å²) in [4.78, 5) is 0. The molecule has 0 rings (SSSR count). The summed E-state index contributed by atoms with van der Waals surface area (Å²) in [5.41, 5.74) is 0.813. The largest absolute Gasteiger partial charge is 0.591 e. The average Bonchev–Trinajstić information content (AvgIpc) is 2.11. The molecule has 0 saturated carbocycles. The van der Waals surface area contributed by atoms with E-state index in [1.54, 1.807) is 0 Å². The highest BCUT2D eigenvalue weighted by Gasteiger charge is 2.37. The third-order valence-electron chi connectivity index (χ3n) is 3.21. The second-order valence-corrected chi connectivity index (χ2v) is 14.0. The molecular formula is C13H29NO2SSi. The molecule has 108 valence electrons. The Morgan fingerprint density at radius 2 is 1.61 bits per heavy atom. The molecule has 0 unspecified atom stereocenters. The van der Waals surface area contributed by atoms with Crippen LogP contribution in [0.15, 0.2) is 4.40 Å². The van der Waals surface area contributed by atoms with Gasteiger partial charge in [-0.25, -0.2) is 0 Å². The summed E-state index contributed by atoms with van der Waals surface area (Å²) in [6, 6.07) is 0. The van der Waals surface area contributed by atoms with E-state index in [-0.39, 0.29) is 9.79 Å². The van der Waals surface area contributed by atoms with Gasteiger partial charge in [-0.15, -0.1) is 0 Å². The zero-order valence-electron chi connectivity index (χ0n) is 13.4. The number of rotatable bonds is 4. The molecular weight excluding hydrogens is 262 g/mol. The molecule has 0 fully saturated rings. The maximum atomic E-state index is 11.9. The highest BCUT2D eigenvalue weighted by molar-refractivity contribution is 7.91. The summed E-state index contributed by atoms with van der Waals surface area (Å²) < 4.78 is 21.8. The van der Waals surface area contributed by atoms with Crippen molar-refractivity contribution >= 4 is 25.4 Å². The van der Waals surface area contributed by atoms with Crippen LogP contribution in [-0.4, -0.2) is 29.9 Å². The first-order valence-corrected chi connectivity index (χ1v) is 10.4. The van der Waals surface area contributed by atoms with Crippen molar-refractivity contribution in [2.24, 2.45) is 4.40 Å². The maximum absolute atomic E-state index is 11.9. The molecule has 0 saturated heterocycles. The molecule has 0 aliphatic heterocycles. The van der Waals surface area contributed by atoms with Gasteiger partial charge >= 0.3 is 0 Å². The molecule has 0 amide bonds. The number of nitrogens with zero attached hydrogens (tertiary/aromatic N) is 1. The van der Waals surface area contributed by atoms with Crippen molar-refractivity contribution in [1.82, 2.24) is 0 Å². The molecule has 0 aromatic heterocycles. The van der Waals surface area contributed by atoms with Crippen molar-refractivity contribution in [3.05, 3.63) is 0 Å². The van der Waals surface area contributed by atoms with E-state index in [2.05, 4.69) is 38.3 Å². The van der Waals surface area contributed by atoms with E-state index < -0.39 is 19.7 Å². The zero-order valence-corrected chi connectivity index (χ0v) is 15.2. The van der Waals surface area contributed by atoms with Gasteiger partial charge in [0.2, 0.25) is 0 Å². The van der Waals surface area contributed by atoms with Gasteiger partial charge < -0.3 is 8.98 Å². The Balaban J connectivity index is 4.53. The van der Waals surface area contributed by atoms with Crippen molar-refractivity contribution in [3.8, 4) is 0 Å². The first-order valence-electron chi connectivity index (χ1n) is 6.37. The fourth-order valence-corrected chi connectivity index (χ4v) is 2.42. The molecule has 0 N–H and O–H groups in total. The molecule has 0 aromatic rings. The Kier molecular flexibility index (Phi) is 6.13. The molecule has 0 radical (unpaired) electrons. The first-order chi connectivity index (χ1) is 7.77. The van der Waals surface area contributed by atoms with Crippen LogP contribution in [0.4, 0.5) is 0 Å². The highest BCUT2D eigenvalue weighted by Crippen LogP contribution is 2.36. The minimum atomic E-state index is -1.74. The fraction of sp³-hybridized carbons (Fsp3) is 0.923. The molecule has 0 heterocycles. The number of hydrogen-bond acceptors (Lipinski definition) is 3. The van der Waals surface area contributed by atoms with Crippen LogP contribution < -0.4 is 0 Å². The third kappa shape index (κ3) is 5.86. The highest BCUT2D eigenvalue weighted by atomic mass is 32.2. The van der Waals surface area contributed by atoms with E-state index >= 15 is 0 Å². The average molecular weight is 292 g/mol. The van der Waals surface area contributed by atoms with Crippen LogP contribution in [0.25, 0.3) is 0 Å². The molecule has 0 aliphatic rings.